The molecule has 13 heteroatoms. The number of benzene rings is 12. The molecular formula is C76H45BrN9O3-. The van der Waals surface area contributed by atoms with Gasteiger partial charge in [-0.2, -0.15) is 0 Å². The van der Waals surface area contributed by atoms with Crippen LogP contribution in [-0.2, 0) is 0 Å². The van der Waals surface area contributed by atoms with Gasteiger partial charge in [0.05, 0.1) is 83.3 Å². The molecule has 9 heterocycles. The molecule has 0 saturated carbocycles. The first kappa shape index (κ1) is 49.6. The Morgan fingerprint density at radius 3 is 0.876 bits per heavy atom. The van der Waals surface area contributed by atoms with Gasteiger partial charge in [0.2, 0.25) is 17.3 Å². The van der Waals surface area contributed by atoms with Gasteiger partial charge in [0, 0.05) is 36.8 Å². The third-order valence-corrected chi connectivity index (χ3v) is 18.2. The van der Waals surface area contributed by atoms with Crippen molar-refractivity contribution >= 4 is 165 Å². The maximum Gasteiger partial charge on any atom is 0.220 e. The Kier molecular flexibility index (Phi) is 10.3. The van der Waals surface area contributed by atoms with Gasteiger partial charge in [-0.1, -0.05) is 101 Å². The normalized spacial score (nSPS) is 12.2. The maximum atomic E-state index is 6.43. The Bertz CT molecular complexity index is 6290. The van der Waals surface area contributed by atoms with Gasteiger partial charge in [-0.3, -0.25) is 26.9 Å². The molecule has 0 bridgehead atoms. The second kappa shape index (κ2) is 18.4. The number of furan rings is 3. The van der Waals surface area contributed by atoms with Crippen LogP contribution in [-0.4, -0.2) is 41.9 Å². The zero-order valence-electron chi connectivity index (χ0n) is 47.4. The first-order valence-electron chi connectivity index (χ1n) is 29.2. The summed E-state index contributed by atoms with van der Waals surface area (Å²) in [4.78, 5) is 15.2. The average molecular weight is 1210 g/mol. The van der Waals surface area contributed by atoms with Crippen molar-refractivity contribution in [2.45, 2.75) is 0 Å². The maximum absolute atomic E-state index is 6.43. The van der Waals surface area contributed by atoms with Crippen LogP contribution in [0.1, 0.15) is 0 Å². The summed E-state index contributed by atoms with van der Waals surface area (Å²) in [6.45, 7) is 0. The molecule has 0 radical (unpaired) electrons. The summed E-state index contributed by atoms with van der Waals surface area (Å²) in [5, 5.41) is 6.42. The van der Waals surface area contributed by atoms with E-state index in [1.54, 1.807) is 0 Å². The van der Waals surface area contributed by atoms with Crippen LogP contribution >= 0.6 is 15.9 Å². The molecule has 0 fully saturated rings. The molecule has 0 aliphatic heterocycles. The van der Waals surface area contributed by atoms with Crippen molar-refractivity contribution in [2.75, 3.05) is 0 Å². The fraction of sp³-hybridized carbons (Fsp3) is 0. The molecule has 12 aromatic carbocycles. The minimum absolute atomic E-state index is 0. The van der Waals surface area contributed by atoms with E-state index in [-0.39, 0.29) is 7.43 Å². The van der Waals surface area contributed by atoms with Crippen LogP contribution in [0.15, 0.2) is 273 Å². The van der Waals surface area contributed by atoms with Crippen molar-refractivity contribution in [3.8, 4) is 28.2 Å². The lowest BCUT2D eigenvalue weighted by Gasteiger charge is -2.06. The molecule has 89 heavy (non-hydrogen) atoms. The van der Waals surface area contributed by atoms with Gasteiger partial charge >= 0.3 is 0 Å². The van der Waals surface area contributed by atoms with Crippen molar-refractivity contribution in [1.82, 2.24) is 41.9 Å². The highest BCUT2D eigenvalue weighted by atomic mass is 79.9. The summed E-state index contributed by atoms with van der Waals surface area (Å²) < 4.78 is 33.4. The minimum atomic E-state index is 0. The summed E-state index contributed by atoms with van der Waals surface area (Å²) in [6.07, 6.45) is 0. The van der Waals surface area contributed by atoms with Gasteiger partial charge in [-0.05, 0) is 181 Å². The second-order valence-electron chi connectivity index (χ2n) is 22.6. The number of aromatic nitrogens is 9. The molecule has 0 amide bonds. The summed E-state index contributed by atoms with van der Waals surface area (Å²) >= 11 is 3.58. The predicted octanol–water partition coefficient (Wildman–Crippen LogP) is 20.2. The van der Waals surface area contributed by atoms with Crippen LogP contribution < -0.4 is 0 Å². The van der Waals surface area contributed by atoms with E-state index >= 15 is 0 Å². The van der Waals surface area contributed by atoms with Crippen molar-refractivity contribution in [3.63, 3.8) is 0 Å². The number of halogens is 1. The molecular weight excluding hydrogens is 1170 g/mol. The van der Waals surface area contributed by atoms with Crippen molar-refractivity contribution in [1.29, 1.82) is 0 Å². The molecule has 0 atom stereocenters. The monoisotopic (exact) mass is 1210 g/mol. The third kappa shape index (κ3) is 7.06. The zero-order chi connectivity index (χ0) is 57.5. The number of nitrogens with zero attached hydrogens (tertiary/aromatic N) is 9. The van der Waals surface area contributed by atoms with E-state index in [9.17, 15) is 0 Å². The first-order chi connectivity index (χ1) is 43.5. The number of hydrogen-bond acceptors (Lipinski definition) is 6. The van der Waals surface area contributed by atoms with Crippen LogP contribution in [0.25, 0.3) is 178 Å². The number of para-hydroxylation sites is 12. The lowest BCUT2D eigenvalue weighted by atomic mass is 10.0. The van der Waals surface area contributed by atoms with Crippen LogP contribution in [0.2, 0.25) is 0 Å². The molecule has 21 aromatic rings. The van der Waals surface area contributed by atoms with Gasteiger partial charge in [0.1, 0.15) is 33.5 Å². The fourth-order valence-corrected chi connectivity index (χ4v) is 14.2. The number of rotatable bonds is 4. The molecule has 0 unspecified atom stereocenters. The molecule has 12 nitrogen and oxygen atoms in total. The summed E-state index contributed by atoms with van der Waals surface area (Å²) in [7, 11) is 0. The number of imidazole rings is 6. The van der Waals surface area contributed by atoms with Gasteiger partial charge in [-0.15, -0.1) is 0 Å². The van der Waals surface area contributed by atoms with E-state index in [0.717, 1.165) is 182 Å². The highest BCUT2D eigenvalue weighted by Crippen LogP contribution is 2.41. The second-order valence-corrected chi connectivity index (χ2v) is 23.5. The van der Waals surface area contributed by atoms with Gasteiger partial charge in [0.25, 0.3) is 0 Å². The first-order valence-corrected chi connectivity index (χ1v) is 30.0. The van der Waals surface area contributed by atoms with Gasteiger partial charge in [0.15, 0.2) is 0 Å². The molecule has 0 saturated heterocycles. The molecule has 420 valence electrons. The lowest BCUT2D eigenvalue weighted by molar-refractivity contribution is 0.668. The van der Waals surface area contributed by atoms with Gasteiger partial charge < -0.3 is 20.7 Å². The zero-order valence-corrected chi connectivity index (χ0v) is 49.0. The summed E-state index contributed by atoms with van der Waals surface area (Å²) in [5.74, 6) is 2.67. The minimum Gasteiger partial charge on any atom is -0.456 e. The molecule has 0 N–H and O–H groups in total. The number of hydrogen-bond donors (Lipinski definition) is 0. The van der Waals surface area contributed by atoms with E-state index < -0.39 is 0 Å². The van der Waals surface area contributed by atoms with Crippen LogP contribution in [0.5, 0.6) is 0 Å². The van der Waals surface area contributed by atoms with Crippen molar-refractivity contribution in [2.24, 2.45) is 0 Å². The lowest BCUT2D eigenvalue weighted by Crippen LogP contribution is -1.94. The predicted molar refractivity (Wildman–Crippen MR) is 364 cm³/mol. The Labute approximate surface area is 512 Å². The van der Waals surface area contributed by atoms with E-state index in [2.05, 4.69) is 261 Å². The summed E-state index contributed by atoms with van der Waals surface area (Å²) in [5.41, 5.74) is 23.4. The van der Waals surface area contributed by atoms with Crippen molar-refractivity contribution in [3.05, 3.63) is 267 Å². The average Bonchev–Trinajstić information content (AvgIpc) is 1.62. The molecule has 0 spiro atoms. The quantitative estimate of drug-likeness (QED) is 0.163. The standard InChI is InChI=1S/C50H28N6O2.C25H14BrN3O.CH3/c1-3-11-39-37(9-1)51-49-53(41-13-5-7-15-43(41)55(39)49)31-19-23-47-35(27-31)33-25-29(17-21-45(33)57-47)30-18-22-46-34(26-30)36-28-32(20-24-48(36)58-46)54-42-14-6-8-16-44(42)56-40-12-4-2-10-38(40)52-50(54)56;26-15-9-11-23-17(13-15)18-14-16(10-12-24(18)30-23)28-21-7-3-4-8-22(21)29-20-6-2-1-5-19(20)27-25(28)29;/h1-28H;1-14H;1H3/q;;-1. The highest BCUT2D eigenvalue weighted by molar-refractivity contribution is 9.10. The topological polar surface area (TPSA) is 106 Å². The summed E-state index contributed by atoms with van der Waals surface area (Å²) in [6, 6.07) is 88.6. The van der Waals surface area contributed by atoms with E-state index in [1.165, 1.54) is 0 Å². The van der Waals surface area contributed by atoms with E-state index in [4.69, 9.17) is 28.2 Å². The van der Waals surface area contributed by atoms with Crippen LogP contribution in [0.4, 0.5) is 0 Å². The Hall–Kier alpha value is -11.7. The molecule has 9 aromatic heterocycles. The Balaban J connectivity index is 0.000000155. The van der Waals surface area contributed by atoms with Crippen molar-refractivity contribution < 1.29 is 13.3 Å². The Morgan fingerprint density at radius 2 is 0.528 bits per heavy atom. The molecule has 21 rings (SSSR count). The SMILES string of the molecule is Brc1ccc2oc3ccc(-n4c5ccccc5n5c6ccccc6nc45)cc3c2c1.[CH3-].c1ccc2c(c1)nc1n(-c3ccc4oc5ccc(-c6ccc7oc8ccc(-n9c%10ccccc%10n%10c%11ccccc%11nc9%10)cc8c7c6)cc5c4c3)c3ccccc3n21. The fourth-order valence-electron chi connectivity index (χ4n) is 13.9. The largest absolute Gasteiger partial charge is 0.456 e. The van der Waals surface area contributed by atoms with Crippen LogP contribution in [0, 0.1) is 7.43 Å². The number of fused-ring (bicyclic) bond motifs is 24. The van der Waals surface area contributed by atoms with Gasteiger partial charge in [-0.25, -0.2) is 15.0 Å². The smallest absolute Gasteiger partial charge is 0.220 e. The van der Waals surface area contributed by atoms with E-state index in [1.807, 2.05) is 36.4 Å². The van der Waals surface area contributed by atoms with E-state index in [0.29, 0.717) is 0 Å². The van der Waals surface area contributed by atoms with Crippen LogP contribution in [0.3, 0.4) is 0 Å². The molecule has 0 aliphatic rings. The third-order valence-electron chi connectivity index (χ3n) is 17.7. The highest BCUT2D eigenvalue weighted by Gasteiger charge is 2.23. The molecule has 0 aliphatic carbocycles. The Morgan fingerprint density at radius 1 is 0.258 bits per heavy atom.